The predicted molar refractivity (Wildman–Crippen MR) is 127 cm³/mol. The van der Waals surface area contributed by atoms with Crippen LogP contribution in [0.5, 0.6) is 0 Å². The zero-order chi connectivity index (χ0) is 23.2. The average molecular weight is 471 g/mol. The van der Waals surface area contributed by atoms with Crippen LogP contribution in [0.25, 0.3) is 0 Å². The number of tetrazole rings is 1. The van der Waals surface area contributed by atoms with Gasteiger partial charge < -0.3 is 9.64 Å². The van der Waals surface area contributed by atoms with Crippen LogP contribution in [0.2, 0.25) is 0 Å². The highest BCUT2D eigenvalue weighted by molar-refractivity contribution is 7.99. The lowest BCUT2D eigenvalue weighted by Crippen LogP contribution is -2.36. The van der Waals surface area contributed by atoms with Gasteiger partial charge in [-0.2, -0.15) is 10.1 Å². The minimum atomic E-state index is 0.0692. The molecule has 0 atom stereocenters. The topological polar surface area (TPSA) is 106 Å². The molecule has 9 nitrogen and oxygen atoms in total. The van der Waals surface area contributed by atoms with E-state index in [1.807, 2.05) is 42.6 Å². The number of nitriles is 1. The zero-order valence-corrected chi connectivity index (χ0v) is 19.2. The van der Waals surface area contributed by atoms with E-state index < -0.39 is 0 Å². The quantitative estimate of drug-likeness (QED) is 0.377. The Labute approximate surface area is 201 Å². The Morgan fingerprint density at radius 1 is 0.971 bits per heavy atom. The molecule has 1 fully saturated rings. The molecular weight excluding hydrogens is 448 g/mol. The third kappa shape index (κ3) is 5.57. The summed E-state index contributed by atoms with van der Waals surface area (Å²) in [6.45, 7) is 3.89. The molecule has 1 saturated heterocycles. The van der Waals surface area contributed by atoms with Crippen molar-refractivity contribution >= 4 is 17.4 Å². The molecule has 10 heteroatoms. The van der Waals surface area contributed by atoms with E-state index in [9.17, 15) is 0 Å². The Morgan fingerprint density at radius 2 is 1.74 bits per heavy atom. The van der Waals surface area contributed by atoms with Gasteiger partial charge in [0.15, 0.2) is 0 Å². The van der Waals surface area contributed by atoms with Crippen LogP contribution in [0, 0.1) is 11.3 Å². The lowest BCUT2D eigenvalue weighted by molar-refractivity contribution is 0.122. The summed E-state index contributed by atoms with van der Waals surface area (Å²) in [6.07, 6.45) is 2.50. The minimum Gasteiger partial charge on any atom is -0.378 e. The first-order valence-corrected chi connectivity index (χ1v) is 11.7. The fourth-order valence-electron chi connectivity index (χ4n) is 3.65. The molecule has 4 aromatic rings. The van der Waals surface area contributed by atoms with Crippen LogP contribution in [0.4, 0.5) is 5.69 Å². The maximum Gasteiger partial charge on any atom is 0.273 e. The molecule has 2 aromatic carbocycles. The minimum absolute atomic E-state index is 0.0692. The molecule has 0 saturated carbocycles. The molecule has 1 aliphatic heterocycles. The van der Waals surface area contributed by atoms with Crippen molar-refractivity contribution in [2.45, 2.75) is 22.9 Å². The molecule has 34 heavy (non-hydrogen) atoms. The van der Waals surface area contributed by atoms with Crippen LogP contribution in [-0.4, -0.2) is 56.5 Å². The fourth-order valence-corrected chi connectivity index (χ4v) is 4.45. The highest BCUT2D eigenvalue weighted by Crippen LogP contribution is 2.26. The zero-order valence-electron chi connectivity index (χ0n) is 18.4. The molecule has 5 rings (SSSR count). The molecular formula is C24H22N8OS. The highest BCUT2D eigenvalue weighted by atomic mass is 32.2. The molecule has 3 heterocycles. The van der Waals surface area contributed by atoms with Crippen molar-refractivity contribution in [1.82, 2.24) is 30.2 Å². The lowest BCUT2D eigenvalue weighted by atomic mass is 10.1. The Balaban J connectivity index is 1.20. The number of aromatic nitrogens is 6. The van der Waals surface area contributed by atoms with Crippen LogP contribution in [0.15, 0.2) is 70.7 Å². The number of ether oxygens (including phenoxy) is 1. The largest absolute Gasteiger partial charge is 0.378 e. The first-order chi connectivity index (χ1) is 16.7. The molecule has 0 spiro atoms. The lowest BCUT2D eigenvalue weighted by Gasteiger charge is -2.28. The molecule has 1 aliphatic rings. The van der Waals surface area contributed by atoms with E-state index in [4.69, 9.17) is 15.0 Å². The number of benzene rings is 2. The van der Waals surface area contributed by atoms with Gasteiger partial charge in [-0.15, -0.1) is 5.10 Å². The van der Waals surface area contributed by atoms with Gasteiger partial charge in [0.25, 0.3) is 5.82 Å². The van der Waals surface area contributed by atoms with Gasteiger partial charge >= 0.3 is 0 Å². The molecule has 170 valence electrons. The summed E-state index contributed by atoms with van der Waals surface area (Å²) in [5.41, 5.74) is 3.44. The normalized spacial score (nSPS) is 13.6. The fraction of sp³-hybridized carbons (Fsp3) is 0.250. The molecule has 0 bridgehead atoms. The number of hydrogen-bond donors (Lipinski definition) is 0. The summed E-state index contributed by atoms with van der Waals surface area (Å²) >= 11 is 1.59. The van der Waals surface area contributed by atoms with Gasteiger partial charge in [0.2, 0.25) is 0 Å². The van der Waals surface area contributed by atoms with E-state index >= 15 is 0 Å². The molecule has 0 unspecified atom stereocenters. The third-order valence-electron chi connectivity index (χ3n) is 5.38. The standard InChI is InChI=1S/C24H22N8OS/c25-16-23-28-30-32(29-23)17-19-3-7-21(8-4-19)34-24-9-10-26-22(27-24)15-18-1-5-20(6-2-18)31-11-13-33-14-12-31/h1-10H,11-15,17H2. The number of morpholine rings is 1. The maximum atomic E-state index is 8.81. The van der Waals surface area contributed by atoms with Crippen molar-refractivity contribution in [1.29, 1.82) is 5.26 Å². The average Bonchev–Trinajstić information content (AvgIpc) is 3.34. The van der Waals surface area contributed by atoms with E-state index in [0.717, 1.165) is 47.6 Å². The molecule has 0 N–H and O–H groups in total. The van der Waals surface area contributed by atoms with Crippen LogP contribution >= 0.6 is 11.8 Å². The molecule has 0 amide bonds. The van der Waals surface area contributed by atoms with Gasteiger partial charge in [-0.05, 0) is 46.7 Å². The van der Waals surface area contributed by atoms with Crippen molar-refractivity contribution in [3.63, 3.8) is 0 Å². The third-order valence-corrected chi connectivity index (χ3v) is 6.32. The number of nitrogens with zero attached hydrogens (tertiary/aromatic N) is 8. The van der Waals surface area contributed by atoms with Gasteiger partial charge in [0, 0.05) is 36.3 Å². The maximum absolute atomic E-state index is 8.81. The summed E-state index contributed by atoms with van der Waals surface area (Å²) in [5.74, 6) is 0.867. The Morgan fingerprint density at radius 3 is 2.47 bits per heavy atom. The second-order valence-electron chi connectivity index (χ2n) is 7.76. The van der Waals surface area contributed by atoms with E-state index in [1.165, 1.54) is 16.0 Å². The molecule has 2 aromatic heterocycles. The molecule has 0 radical (unpaired) electrons. The van der Waals surface area contributed by atoms with Gasteiger partial charge in [0.05, 0.1) is 19.8 Å². The van der Waals surface area contributed by atoms with Crippen molar-refractivity contribution in [2.75, 3.05) is 31.2 Å². The van der Waals surface area contributed by atoms with Crippen molar-refractivity contribution < 1.29 is 4.74 Å². The first kappa shape index (κ1) is 22.0. The highest BCUT2D eigenvalue weighted by Gasteiger charge is 2.11. The van der Waals surface area contributed by atoms with Gasteiger partial charge in [-0.3, -0.25) is 0 Å². The SMILES string of the molecule is N#Cc1nnn(Cc2ccc(Sc3ccnc(Cc4ccc(N5CCOCC5)cc4)n3)cc2)n1. The van der Waals surface area contributed by atoms with Gasteiger partial charge in [-0.25, -0.2) is 9.97 Å². The summed E-state index contributed by atoms with van der Waals surface area (Å²) in [4.78, 5) is 14.0. The molecule has 0 aliphatic carbocycles. The van der Waals surface area contributed by atoms with E-state index in [0.29, 0.717) is 13.0 Å². The van der Waals surface area contributed by atoms with Crippen LogP contribution < -0.4 is 4.90 Å². The van der Waals surface area contributed by atoms with Crippen molar-refractivity contribution in [2.24, 2.45) is 0 Å². The van der Waals surface area contributed by atoms with Crippen molar-refractivity contribution in [3.05, 3.63) is 83.6 Å². The monoisotopic (exact) mass is 470 g/mol. The Kier molecular flexibility index (Phi) is 6.74. The summed E-state index contributed by atoms with van der Waals surface area (Å²) in [5, 5.41) is 21.2. The second-order valence-corrected chi connectivity index (χ2v) is 8.85. The number of anilines is 1. The van der Waals surface area contributed by atoms with E-state index in [-0.39, 0.29) is 5.82 Å². The summed E-state index contributed by atoms with van der Waals surface area (Å²) in [7, 11) is 0. The predicted octanol–water partition coefficient (Wildman–Crippen LogP) is 2.96. The van der Waals surface area contributed by atoms with Gasteiger partial charge in [0.1, 0.15) is 16.9 Å². The van der Waals surface area contributed by atoms with Crippen LogP contribution in [0.3, 0.4) is 0 Å². The van der Waals surface area contributed by atoms with Crippen LogP contribution in [-0.2, 0) is 17.7 Å². The van der Waals surface area contributed by atoms with Crippen molar-refractivity contribution in [3.8, 4) is 6.07 Å². The first-order valence-electron chi connectivity index (χ1n) is 10.9. The van der Waals surface area contributed by atoms with Crippen LogP contribution in [0.1, 0.15) is 22.8 Å². The summed E-state index contributed by atoms with van der Waals surface area (Å²) < 4.78 is 5.43. The van der Waals surface area contributed by atoms with Gasteiger partial charge in [-0.1, -0.05) is 41.1 Å². The second kappa shape index (κ2) is 10.4. The number of rotatable bonds is 7. The van der Waals surface area contributed by atoms with E-state index in [1.54, 1.807) is 11.8 Å². The Bertz CT molecular complexity index is 1280. The van der Waals surface area contributed by atoms with E-state index in [2.05, 4.69) is 49.6 Å². The Hall–Kier alpha value is -3.81. The summed E-state index contributed by atoms with van der Waals surface area (Å²) in [6, 6.07) is 20.5. The smallest absolute Gasteiger partial charge is 0.273 e. The number of hydrogen-bond acceptors (Lipinski definition) is 9.